The van der Waals surface area contributed by atoms with Gasteiger partial charge in [0.15, 0.2) is 5.78 Å². The molecule has 0 aromatic heterocycles. The smallest absolute Gasteiger partial charge is 0.172 e. The van der Waals surface area contributed by atoms with Crippen molar-refractivity contribution in [3.63, 3.8) is 0 Å². The molecule has 1 aromatic carbocycles. The Kier molecular flexibility index (Phi) is 1.91. The maximum absolute atomic E-state index is 12.4. The molecule has 0 amide bonds. The Morgan fingerprint density at radius 3 is 2.82 bits per heavy atom. The van der Waals surface area contributed by atoms with E-state index in [0.717, 1.165) is 6.29 Å². The summed E-state index contributed by atoms with van der Waals surface area (Å²) >= 11 is 0. The van der Waals surface area contributed by atoms with E-state index in [-0.39, 0.29) is 5.78 Å². The minimum atomic E-state index is -1.30. The molecule has 0 radical (unpaired) electrons. The van der Waals surface area contributed by atoms with Crippen LogP contribution in [0.2, 0.25) is 0 Å². The fourth-order valence-electron chi connectivity index (χ4n) is 3.51. The Morgan fingerprint density at radius 2 is 2.12 bits per heavy atom. The van der Waals surface area contributed by atoms with Gasteiger partial charge in [0.1, 0.15) is 11.9 Å². The summed E-state index contributed by atoms with van der Waals surface area (Å²) in [5, 5.41) is 10.9. The van der Waals surface area contributed by atoms with Crippen molar-refractivity contribution in [1.29, 1.82) is 0 Å². The highest BCUT2D eigenvalue weighted by Gasteiger charge is 2.66. The molecule has 1 aromatic rings. The van der Waals surface area contributed by atoms with E-state index in [1.807, 2.05) is 0 Å². The molecule has 88 valence electrons. The van der Waals surface area contributed by atoms with Gasteiger partial charge in [-0.15, -0.1) is 0 Å². The van der Waals surface area contributed by atoms with Crippen LogP contribution >= 0.6 is 0 Å². The first kappa shape index (κ1) is 10.7. The normalized spacial score (nSPS) is 38.9. The average molecular weight is 230 g/mol. The molecule has 17 heavy (non-hydrogen) atoms. The van der Waals surface area contributed by atoms with Gasteiger partial charge in [0.05, 0.1) is 5.41 Å². The Labute approximate surface area is 99.5 Å². The number of carbonyl (C=O) groups is 2. The first-order valence-electron chi connectivity index (χ1n) is 5.87. The van der Waals surface area contributed by atoms with Crippen LogP contribution in [0.3, 0.4) is 0 Å². The lowest BCUT2D eigenvalue weighted by molar-refractivity contribution is -0.123. The van der Waals surface area contributed by atoms with Crippen molar-refractivity contribution in [3.8, 4) is 0 Å². The molecule has 0 heterocycles. The summed E-state index contributed by atoms with van der Waals surface area (Å²) in [6.07, 6.45) is 1.94. The van der Waals surface area contributed by atoms with Crippen molar-refractivity contribution in [3.05, 3.63) is 35.4 Å². The van der Waals surface area contributed by atoms with E-state index in [9.17, 15) is 14.7 Å². The molecule has 3 nitrogen and oxygen atoms in total. The van der Waals surface area contributed by atoms with E-state index in [0.29, 0.717) is 24.0 Å². The molecule has 0 aliphatic heterocycles. The molecule has 3 rings (SSSR count). The zero-order valence-electron chi connectivity index (χ0n) is 9.64. The number of benzene rings is 1. The molecule has 0 unspecified atom stereocenters. The number of ketones is 1. The van der Waals surface area contributed by atoms with Gasteiger partial charge in [-0.1, -0.05) is 24.3 Å². The predicted molar refractivity (Wildman–Crippen MR) is 61.6 cm³/mol. The molecule has 3 atom stereocenters. The van der Waals surface area contributed by atoms with Gasteiger partial charge in [0.25, 0.3) is 0 Å². The SMILES string of the molecule is C[C@]12CC[C@H](C=O)[C@@]1(O)c1ccccc1C2=O. The zero-order valence-corrected chi connectivity index (χ0v) is 9.64. The largest absolute Gasteiger partial charge is 0.383 e. The van der Waals surface area contributed by atoms with Crippen LogP contribution in [-0.2, 0) is 10.4 Å². The van der Waals surface area contributed by atoms with Gasteiger partial charge >= 0.3 is 0 Å². The van der Waals surface area contributed by atoms with Gasteiger partial charge in [-0.2, -0.15) is 0 Å². The highest BCUT2D eigenvalue weighted by molar-refractivity contribution is 6.07. The van der Waals surface area contributed by atoms with Crippen LogP contribution < -0.4 is 0 Å². The van der Waals surface area contributed by atoms with Crippen molar-refractivity contribution in [2.45, 2.75) is 25.4 Å². The summed E-state index contributed by atoms with van der Waals surface area (Å²) in [4.78, 5) is 23.5. The quantitative estimate of drug-likeness (QED) is 0.747. The topological polar surface area (TPSA) is 54.4 Å². The van der Waals surface area contributed by atoms with Crippen LogP contribution in [0.1, 0.15) is 35.7 Å². The molecule has 0 bridgehead atoms. The number of rotatable bonds is 1. The van der Waals surface area contributed by atoms with Gasteiger partial charge in [0.2, 0.25) is 0 Å². The molecule has 1 N–H and O–H groups in total. The molecular formula is C14H14O3. The number of Topliss-reactive ketones (excluding diaryl/α,β-unsaturated/α-hetero) is 1. The minimum absolute atomic E-state index is 0.0278. The highest BCUT2D eigenvalue weighted by atomic mass is 16.3. The standard InChI is InChI=1S/C14H14O3/c1-13-7-6-9(8-15)14(13,17)11-5-3-2-4-10(11)12(13)16/h2-5,8-9,17H,6-7H2,1H3/t9-,13-,14-/m1/s1. The molecule has 0 saturated heterocycles. The predicted octanol–water partition coefficient (Wildman–Crippen LogP) is 1.69. The van der Waals surface area contributed by atoms with E-state index in [1.165, 1.54) is 0 Å². The number of aldehydes is 1. The van der Waals surface area contributed by atoms with Crippen LogP contribution in [0, 0.1) is 11.3 Å². The van der Waals surface area contributed by atoms with Crippen LogP contribution in [0.4, 0.5) is 0 Å². The van der Waals surface area contributed by atoms with Crippen molar-refractivity contribution in [1.82, 2.24) is 0 Å². The first-order valence-corrected chi connectivity index (χ1v) is 5.87. The van der Waals surface area contributed by atoms with E-state index in [4.69, 9.17) is 0 Å². The zero-order chi connectivity index (χ0) is 12.3. The van der Waals surface area contributed by atoms with Gasteiger partial charge < -0.3 is 9.90 Å². The number of hydrogen-bond acceptors (Lipinski definition) is 3. The minimum Gasteiger partial charge on any atom is -0.383 e. The Hall–Kier alpha value is -1.48. The number of aliphatic hydroxyl groups is 1. The third-order valence-corrected chi connectivity index (χ3v) is 4.58. The molecule has 1 saturated carbocycles. The maximum Gasteiger partial charge on any atom is 0.172 e. The number of carbonyl (C=O) groups excluding carboxylic acids is 2. The van der Waals surface area contributed by atoms with Crippen molar-refractivity contribution in [2.75, 3.05) is 0 Å². The third-order valence-electron chi connectivity index (χ3n) is 4.58. The Balaban J connectivity index is 2.31. The second-order valence-corrected chi connectivity index (χ2v) is 5.25. The second kappa shape index (κ2) is 3.05. The number of fused-ring (bicyclic) bond motifs is 3. The molecule has 1 fully saturated rings. The van der Waals surface area contributed by atoms with Gasteiger partial charge in [0, 0.05) is 11.5 Å². The third kappa shape index (κ3) is 0.967. The van der Waals surface area contributed by atoms with Crippen molar-refractivity contribution >= 4 is 12.1 Å². The highest BCUT2D eigenvalue weighted by Crippen LogP contribution is 2.61. The number of hydrogen-bond donors (Lipinski definition) is 1. The van der Waals surface area contributed by atoms with E-state index in [2.05, 4.69) is 0 Å². The summed E-state index contributed by atoms with van der Waals surface area (Å²) in [7, 11) is 0. The first-order chi connectivity index (χ1) is 8.05. The van der Waals surface area contributed by atoms with Crippen molar-refractivity contribution in [2.24, 2.45) is 11.3 Å². The summed E-state index contributed by atoms with van der Waals surface area (Å²) in [5.74, 6) is -0.500. The molecular weight excluding hydrogens is 216 g/mol. The fourth-order valence-corrected chi connectivity index (χ4v) is 3.51. The molecule has 2 aliphatic carbocycles. The van der Waals surface area contributed by atoms with Gasteiger partial charge in [-0.25, -0.2) is 0 Å². The van der Waals surface area contributed by atoms with Crippen LogP contribution in [0.25, 0.3) is 0 Å². The van der Waals surface area contributed by atoms with Gasteiger partial charge in [-0.05, 0) is 25.3 Å². The van der Waals surface area contributed by atoms with E-state index < -0.39 is 16.9 Å². The summed E-state index contributed by atoms with van der Waals surface area (Å²) in [6, 6.07) is 7.10. The van der Waals surface area contributed by atoms with Crippen LogP contribution in [0.15, 0.2) is 24.3 Å². The fraction of sp³-hybridized carbons (Fsp3) is 0.429. The van der Waals surface area contributed by atoms with E-state index in [1.54, 1.807) is 31.2 Å². The Bertz CT molecular complexity index is 522. The lowest BCUT2D eigenvalue weighted by atomic mass is 9.73. The summed E-state index contributed by atoms with van der Waals surface area (Å²) in [6.45, 7) is 1.78. The summed E-state index contributed by atoms with van der Waals surface area (Å²) in [5.41, 5.74) is -0.934. The lowest BCUT2D eigenvalue weighted by Gasteiger charge is -2.34. The second-order valence-electron chi connectivity index (χ2n) is 5.25. The van der Waals surface area contributed by atoms with Crippen LogP contribution in [-0.4, -0.2) is 17.2 Å². The monoisotopic (exact) mass is 230 g/mol. The Morgan fingerprint density at radius 1 is 1.41 bits per heavy atom. The average Bonchev–Trinajstić information content (AvgIpc) is 2.70. The van der Waals surface area contributed by atoms with Crippen LogP contribution in [0.5, 0.6) is 0 Å². The molecule has 2 aliphatic rings. The molecule has 0 spiro atoms. The molecule has 3 heteroatoms. The van der Waals surface area contributed by atoms with Gasteiger partial charge in [-0.3, -0.25) is 4.79 Å². The van der Waals surface area contributed by atoms with E-state index >= 15 is 0 Å². The lowest BCUT2D eigenvalue weighted by Crippen LogP contribution is -2.43. The van der Waals surface area contributed by atoms with Crippen molar-refractivity contribution < 1.29 is 14.7 Å². The maximum atomic E-state index is 12.4. The summed E-state index contributed by atoms with van der Waals surface area (Å²) < 4.78 is 0.